The highest BCUT2D eigenvalue weighted by atomic mass is 16.1. The Bertz CT molecular complexity index is 726. The summed E-state index contributed by atoms with van der Waals surface area (Å²) in [7, 11) is 0. The van der Waals surface area contributed by atoms with E-state index in [1.54, 1.807) is 6.08 Å². The summed E-state index contributed by atoms with van der Waals surface area (Å²) in [6.07, 6.45) is 2.68. The van der Waals surface area contributed by atoms with Crippen LogP contribution < -0.4 is 5.32 Å². The summed E-state index contributed by atoms with van der Waals surface area (Å²) in [6.45, 7) is 12.3. The van der Waals surface area contributed by atoms with Crippen LogP contribution in [0.15, 0.2) is 55.6 Å². The fourth-order valence-electron chi connectivity index (χ4n) is 2.64. The maximum Gasteiger partial charge on any atom is 0.252 e. The first-order valence-electron chi connectivity index (χ1n) is 7.84. The molecule has 2 aromatic carbocycles. The fourth-order valence-corrected chi connectivity index (χ4v) is 2.64. The molecule has 1 amide bonds. The van der Waals surface area contributed by atoms with Crippen molar-refractivity contribution in [1.29, 1.82) is 0 Å². The Kier molecular flexibility index (Phi) is 5.53. The van der Waals surface area contributed by atoms with E-state index in [0.29, 0.717) is 12.1 Å². The maximum absolute atomic E-state index is 12.6. The number of aryl methyl sites for hydroxylation is 1. The normalized spacial score (nSPS) is 10.2. The van der Waals surface area contributed by atoms with Crippen molar-refractivity contribution >= 4 is 17.6 Å². The molecule has 0 saturated heterocycles. The van der Waals surface area contributed by atoms with E-state index in [4.69, 9.17) is 0 Å². The minimum Gasteiger partial charge on any atom is -0.348 e. The van der Waals surface area contributed by atoms with Gasteiger partial charge in [-0.3, -0.25) is 4.79 Å². The topological polar surface area (TPSA) is 29.1 Å². The lowest BCUT2D eigenvalue weighted by atomic mass is 9.94. The van der Waals surface area contributed by atoms with Gasteiger partial charge < -0.3 is 5.32 Å². The van der Waals surface area contributed by atoms with Crippen LogP contribution in [0.25, 0.3) is 11.6 Å². The lowest BCUT2D eigenvalue weighted by molar-refractivity contribution is 0.0950. The monoisotopic (exact) mass is 305 g/mol. The van der Waals surface area contributed by atoms with Gasteiger partial charge in [-0.25, -0.2) is 0 Å². The van der Waals surface area contributed by atoms with Crippen LogP contribution in [-0.2, 0) is 13.0 Å². The molecule has 0 radical (unpaired) electrons. The third-order valence-corrected chi connectivity index (χ3v) is 3.87. The molecule has 2 nitrogen and oxygen atoms in total. The smallest absolute Gasteiger partial charge is 0.252 e. The predicted octanol–water partition coefficient (Wildman–Crippen LogP) is 4.86. The Hall–Kier alpha value is -2.61. The average molecular weight is 305 g/mol. The second-order valence-corrected chi connectivity index (χ2v) is 5.60. The Morgan fingerprint density at radius 2 is 1.87 bits per heavy atom. The van der Waals surface area contributed by atoms with Crippen LogP contribution in [0.3, 0.4) is 0 Å². The van der Waals surface area contributed by atoms with Crippen LogP contribution in [0.2, 0.25) is 0 Å². The molecule has 0 aliphatic carbocycles. The molecular formula is C21H23NO. The fraction of sp³-hybridized carbons (Fsp3) is 0.190. The number of hydrogen-bond donors (Lipinski definition) is 1. The summed E-state index contributed by atoms with van der Waals surface area (Å²) in [5, 5.41) is 2.99. The highest BCUT2D eigenvalue weighted by Gasteiger charge is 2.14. The number of amides is 1. The molecule has 0 aliphatic heterocycles. The zero-order valence-electron chi connectivity index (χ0n) is 13.9. The standard InChI is InChI=1S/C21H23NO/c1-5-16-10-12-17(13-11-16)14-22-21(23)19-9-7-8-18(6-2)20(19)15(3)4/h5,7-13H,1,3,6,14H2,2,4H3,(H,22,23). The molecule has 0 aromatic heterocycles. The summed E-state index contributed by atoms with van der Waals surface area (Å²) < 4.78 is 0. The average Bonchev–Trinajstić information content (AvgIpc) is 2.59. The Balaban J connectivity index is 2.17. The SMILES string of the molecule is C=Cc1ccc(CNC(=O)c2cccc(CC)c2C(=C)C)cc1. The first kappa shape index (κ1) is 16.8. The van der Waals surface area contributed by atoms with E-state index < -0.39 is 0 Å². The third kappa shape index (κ3) is 3.98. The van der Waals surface area contributed by atoms with Gasteiger partial charge in [-0.2, -0.15) is 0 Å². The molecule has 0 heterocycles. The number of benzene rings is 2. The van der Waals surface area contributed by atoms with Gasteiger partial charge in [0.05, 0.1) is 0 Å². The van der Waals surface area contributed by atoms with Gasteiger partial charge in [-0.1, -0.05) is 62.6 Å². The number of allylic oxidation sites excluding steroid dienone is 1. The van der Waals surface area contributed by atoms with Gasteiger partial charge in [-0.05, 0) is 47.2 Å². The molecule has 0 atom stereocenters. The molecule has 2 rings (SSSR count). The van der Waals surface area contributed by atoms with E-state index in [2.05, 4.69) is 31.5 Å². The van der Waals surface area contributed by atoms with Crippen molar-refractivity contribution in [2.45, 2.75) is 26.8 Å². The van der Waals surface area contributed by atoms with Gasteiger partial charge in [0.2, 0.25) is 0 Å². The number of hydrogen-bond acceptors (Lipinski definition) is 1. The van der Waals surface area contributed by atoms with Gasteiger partial charge in [0, 0.05) is 12.1 Å². The molecule has 0 spiro atoms. The minimum absolute atomic E-state index is 0.0638. The quantitative estimate of drug-likeness (QED) is 0.811. The highest BCUT2D eigenvalue weighted by molar-refractivity contribution is 5.99. The van der Waals surface area contributed by atoms with Crippen molar-refractivity contribution in [3.05, 3.63) is 83.4 Å². The van der Waals surface area contributed by atoms with Crippen LogP contribution in [0.1, 0.15) is 46.5 Å². The molecule has 23 heavy (non-hydrogen) atoms. The molecule has 0 aliphatic rings. The van der Waals surface area contributed by atoms with Gasteiger partial charge in [0.1, 0.15) is 0 Å². The van der Waals surface area contributed by atoms with Crippen molar-refractivity contribution in [3.8, 4) is 0 Å². The molecule has 2 aromatic rings. The molecular weight excluding hydrogens is 282 g/mol. The van der Waals surface area contributed by atoms with E-state index >= 15 is 0 Å². The maximum atomic E-state index is 12.6. The molecule has 0 unspecified atom stereocenters. The Labute approximate surface area is 138 Å². The first-order valence-corrected chi connectivity index (χ1v) is 7.84. The van der Waals surface area contributed by atoms with Gasteiger partial charge in [-0.15, -0.1) is 0 Å². The van der Waals surface area contributed by atoms with Crippen molar-refractivity contribution in [1.82, 2.24) is 5.32 Å². The van der Waals surface area contributed by atoms with Gasteiger partial charge >= 0.3 is 0 Å². The van der Waals surface area contributed by atoms with Gasteiger partial charge in [0.15, 0.2) is 0 Å². The van der Waals surface area contributed by atoms with E-state index in [9.17, 15) is 4.79 Å². The zero-order valence-corrected chi connectivity index (χ0v) is 13.9. The van der Waals surface area contributed by atoms with E-state index in [1.807, 2.05) is 43.3 Å². The van der Waals surface area contributed by atoms with Gasteiger partial charge in [0.25, 0.3) is 5.91 Å². The van der Waals surface area contributed by atoms with E-state index in [-0.39, 0.29) is 5.91 Å². The molecule has 1 N–H and O–H groups in total. The number of carbonyl (C=O) groups is 1. The molecule has 0 fully saturated rings. The highest BCUT2D eigenvalue weighted by Crippen LogP contribution is 2.23. The van der Waals surface area contributed by atoms with Crippen molar-refractivity contribution in [2.24, 2.45) is 0 Å². The molecule has 2 heteroatoms. The summed E-state index contributed by atoms with van der Waals surface area (Å²) in [6, 6.07) is 13.8. The van der Waals surface area contributed by atoms with Crippen LogP contribution in [0.4, 0.5) is 0 Å². The van der Waals surface area contributed by atoms with Crippen molar-refractivity contribution in [3.63, 3.8) is 0 Å². The van der Waals surface area contributed by atoms with Crippen molar-refractivity contribution < 1.29 is 4.79 Å². The lowest BCUT2D eigenvalue weighted by Gasteiger charge is -2.14. The van der Waals surface area contributed by atoms with Crippen LogP contribution in [0.5, 0.6) is 0 Å². The minimum atomic E-state index is -0.0638. The number of carbonyl (C=O) groups excluding carboxylic acids is 1. The van der Waals surface area contributed by atoms with Crippen molar-refractivity contribution in [2.75, 3.05) is 0 Å². The van der Waals surface area contributed by atoms with E-state index in [0.717, 1.165) is 34.2 Å². The summed E-state index contributed by atoms with van der Waals surface area (Å²) in [5.41, 5.74) is 5.87. The molecule has 0 bridgehead atoms. The molecule has 0 saturated carbocycles. The second kappa shape index (κ2) is 7.59. The third-order valence-electron chi connectivity index (χ3n) is 3.87. The Morgan fingerprint density at radius 3 is 2.43 bits per heavy atom. The van der Waals surface area contributed by atoms with E-state index in [1.165, 1.54) is 0 Å². The van der Waals surface area contributed by atoms with Crippen LogP contribution >= 0.6 is 0 Å². The Morgan fingerprint density at radius 1 is 1.17 bits per heavy atom. The van der Waals surface area contributed by atoms with Crippen LogP contribution in [-0.4, -0.2) is 5.91 Å². The summed E-state index contributed by atoms with van der Waals surface area (Å²) in [4.78, 5) is 12.6. The summed E-state index contributed by atoms with van der Waals surface area (Å²) >= 11 is 0. The number of rotatable bonds is 6. The number of nitrogens with one attached hydrogen (secondary N) is 1. The zero-order chi connectivity index (χ0) is 16.8. The lowest BCUT2D eigenvalue weighted by Crippen LogP contribution is -2.24. The molecule has 118 valence electrons. The second-order valence-electron chi connectivity index (χ2n) is 5.60. The van der Waals surface area contributed by atoms with Crippen LogP contribution in [0, 0.1) is 0 Å². The predicted molar refractivity (Wildman–Crippen MR) is 98.2 cm³/mol. The first-order chi connectivity index (χ1) is 11.1. The summed E-state index contributed by atoms with van der Waals surface area (Å²) in [5.74, 6) is -0.0638. The largest absolute Gasteiger partial charge is 0.348 e.